The lowest BCUT2D eigenvalue weighted by Gasteiger charge is -2.31. The number of esters is 1. The van der Waals surface area contributed by atoms with E-state index in [9.17, 15) is 4.79 Å². The van der Waals surface area contributed by atoms with Gasteiger partial charge in [0.1, 0.15) is 0 Å². The Morgan fingerprint density at radius 1 is 1.08 bits per heavy atom. The number of hydrogen-bond acceptors (Lipinski definition) is 3. The Morgan fingerprint density at radius 2 is 1.62 bits per heavy atom. The second-order valence-electron chi connectivity index (χ2n) is 5.45. The highest BCUT2D eigenvalue weighted by atomic mass is 16.5. The molecule has 0 aliphatic carbocycles. The Labute approximate surface area is 143 Å². The van der Waals surface area contributed by atoms with Gasteiger partial charge in [0.15, 0.2) is 0 Å². The predicted molar refractivity (Wildman–Crippen MR) is 94.3 cm³/mol. The molecule has 0 aliphatic heterocycles. The molecule has 2 aromatic rings. The predicted octanol–water partition coefficient (Wildman–Crippen LogP) is 4.40. The van der Waals surface area contributed by atoms with Gasteiger partial charge in [0.05, 0.1) is 12.7 Å². The number of ether oxygens (including phenoxy) is 1. The summed E-state index contributed by atoms with van der Waals surface area (Å²) in [5, 5.41) is 9.12. The van der Waals surface area contributed by atoms with Crippen LogP contribution in [0.15, 0.2) is 72.8 Å². The van der Waals surface area contributed by atoms with Crippen molar-refractivity contribution in [1.82, 2.24) is 0 Å². The van der Waals surface area contributed by atoms with Crippen LogP contribution in [0.1, 0.15) is 30.9 Å². The zero-order valence-corrected chi connectivity index (χ0v) is 13.8. The van der Waals surface area contributed by atoms with Gasteiger partial charge in [-0.25, -0.2) is 4.79 Å². The highest BCUT2D eigenvalue weighted by Crippen LogP contribution is 2.38. The Kier molecular flexibility index (Phi) is 6.33. The van der Waals surface area contributed by atoms with Crippen LogP contribution >= 0.6 is 0 Å². The van der Waals surface area contributed by atoms with Crippen LogP contribution in [0, 0.1) is 11.3 Å². The first kappa shape index (κ1) is 17.5. The summed E-state index contributed by atoms with van der Waals surface area (Å²) in [5.74, 6) is -0.370. The van der Waals surface area contributed by atoms with Gasteiger partial charge in [0.2, 0.25) is 0 Å². The Morgan fingerprint density at radius 3 is 2.08 bits per heavy atom. The molecule has 0 unspecified atom stereocenters. The van der Waals surface area contributed by atoms with Crippen LogP contribution in [0.2, 0.25) is 0 Å². The molecule has 0 aliphatic rings. The van der Waals surface area contributed by atoms with Crippen LogP contribution in [-0.4, -0.2) is 12.6 Å². The average Bonchev–Trinajstić information content (AvgIpc) is 2.64. The maximum absolute atomic E-state index is 11.9. The molecule has 2 aromatic carbocycles. The number of carbonyl (C=O) groups is 1. The normalized spacial score (nSPS) is 11.2. The molecule has 0 fully saturated rings. The number of carbonyl (C=O) groups excluding carboxylic acids is 1. The molecule has 0 radical (unpaired) electrons. The number of allylic oxidation sites excluding steroid dienone is 1. The second-order valence-corrected chi connectivity index (χ2v) is 5.45. The fraction of sp³-hybridized carbons (Fsp3) is 0.238. The van der Waals surface area contributed by atoms with Crippen molar-refractivity contribution in [3.8, 4) is 6.07 Å². The summed E-state index contributed by atoms with van der Waals surface area (Å²) in [7, 11) is 0. The molecular weight excluding hydrogens is 298 g/mol. The van der Waals surface area contributed by atoms with Gasteiger partial charge in [-0.15, -0.1) is 0 Å². The molecule has 0 saturated heterocycles. The summed E-state index contributed by atoms with van der Waals surface area (Å²) in [6.45, 7) is 2.12. The Hall–Kier alpha value is -2.86. The van der Waals surface area contributed by atoms with E-state index >= 15 is 0 Å². The van der Waals surface area contributed by atoms with E-state index in [2.05, 4.69) is 6.07 Å². The van der Waals surface area contributed by atoms with Gasteiger partial charge in [-0.2, -0.15) is 5.26 Å². The second kappa shape index (κ2) is 8.69. The van der Waals surface area contributed by atoms with Crippen LogP contribution < -0.4 is 0 Å². The lowest BCUT2D eigenvalue weighted by atomic mass is 9.71. The molecule has 2 rings (SSSR count). The standard InChI is InChI=1S/C21H21NO2/c1-2-24-20(23)14-16-21(15-9-17-22,18-10-5-3-6-11-18)19-12-7-4-8-13-19/h3-8,10-14,16H,2,9,15H2,1H3. The van der Waals surface area contributed by atoms with E-state index in [1.807, 2.05) is 66.7 Å². The van der Waals surface area contributed by atoms with Crippen molar-refractivity contribution >= 4 is 5.97 Å². The summed E-state index contributed by atoms with van der Waals surface area (Å²) >= 11 is 0. The van der Waals surface area contributed by atoms with E-state index in [1.165, 1.54) is 6.08 Å². The molecule has 0 saturated carbocycles. The zero-order valence-electron chi connectivity index (χ0n) is 13.8. The minimum absolute atomic E-state index is 0.338. The molecule has 0 bridgehead atoms. The molecule has 0 spiro atoms. The highest BCUT2D eigenvalue weighted by Gasteiger charge is 2.31. The number of benzene rings is 2. The van der Waals surface area contributed by atoms with Crippen molar-refractivity contribution in [2.75, 3.05) is 6.61 Å². The van der Waals surface area contributed by atoms with Crippen molar-refractivity contribution in [1.29, 1.82) is 5.26 Å². The maximum Gasteiger partial charge on any atom is 0.330 e. The van der Waals surface area contributed by atoms with Crippen molar-refractivity contribution in [3.63, 3.8) is 0 Å². The molecule has 3 heteroatoms. The molecular formula is C21H21NO2. The summed E-state index contributed by atoms with van der Waals surface area (Å²) in [6, 6.07) is 22.1. The van der Waals surface area contributed by atoms with Crippen molar-refractivity contribution in [3.05, 3.63) is 83.9 Å². The minimum atomic E-state index is -0.537. The molecule has 0 N–H and O–H groups in total. The lowest BCUT2D eigenvalue weighted by Crippen LogP contribution is -2.25. The van der Waals surface area contributed by atoms with Crippen molar-refractivity contribution < 1.29 is 9.53 Å². The van der Waals surface area contributed by atoms with E-state index in [4.69, 9.17) is 10.00 Å². The Bertz CT molecular complexity index is 675. The van der Waals surface area contributed by atoms with Crippen LogP contribution in [0.4, 0.5) is 0 Å². The van der Waals surface area contributed by atoms with Gasteiger partial charge in [-0.1, -0.05) is 66.7 Å². The number of nitriles is 1. The summed E-state index contributed by atoms with van der Waals surface area (Å²) in [5.41, 5.74) is 1.56. The van der Waals surface area contributed by atoms with Crippen molar-refractivity contribution in [2.24, 2.45) is 0 Å². The third-order valence-electron chi connectivity index (χ3n) is 4.00. The minimum Gasteiger partial charge on any atom is -0.463 e. The zero-order chi connectivity index (χ0) is 17.3. The monoisotopic (exact) mass is 319 g/mol. The lowest BCUT2D eigenvalue weighted by molar-refractivity contribution is -0.137. The Balaban J connectivity index is 2.56. The maximum atomic E-state index is 11.9. The fourth-order valence-corrected chi connectivity index (χ4v) is 2.86. The number of nitrogens with zero attached hydrogens (tertiary/aromatic N) is 1. The third-order valence-corrected chi connectivity index (χ3v) is 4.00. The molecule has 0 aromatic heterocycles. The van der Waals surface area contributed by atoms with Crippen molar-refractivity contribution in [2.45, 2.75) is 25.2 Å². The van der Waals surface area contributed by atoms with Gasteiger partial charge in [-0.05, 0) is 24.5 Å². The van der Waals surface area contributed by atoms with Crippen LogP contribution in [-0.2, 0) is 14.9 Å². The first-order valence-corrected chi connectivity index (χ1v) is 8.07. The highest BCUT2D eigenvalue weighted by molar-refractivity contribution is 5.82. The van der Waals surface area contributed by atoms with Crippen LogP contribution in [0.5, 0.6) is 0 Å². The average molecular weight is 319 g/mol. The van der Waals surface area contributed by atoms with E-state index in [1.54, 1.807) is 6.92 Å². The third kappa shape index (κ3) is 4.11. The molecule has 0 amide bonds. The van der Waals surface area contributed by atoms with E-state index in [-0.39, 0.29) is 5.97 Å². The van der Waals surface area contributed by atoms with Crippen LogP contribution in [0.25, 0.3) is 0 Å². The quantitative estimate of drug-likeness (QED) is 0.561. The van der Waals surface area contributed by atoms with E-state index in [0.717, 1.165) is 11.1 Å². The summed E-state index contributed by atoms with van der Waals surface area (Å²) in [6.07, 6.45) is 4.32. The fourth-order valence-electron chi connectivity index (χ4n) is 2.86. The molecule has 122 valence electrons. The first-order chi connectivity index (χ1) is 11.7. The van der Waals surface area contributed by atoms with Gasteiger partial charge in [0.25, 0.3) is 0 Å². The largest absolute Gasteiger partial charge is 0.463 e. The van der Waals surface area contributed by atoms with E-state index in [0.29, 0.717) is 19.4 Å². The molecule has 0 atom stereocenters. The van der Waals surface area contributed by atoms with Gasteiger partial charge in [0, 0.05) is 17.9 Å². The topological polar surface area (TPSA) is 50.1 Å². The van der Waals surface area contributed by atoms with Gasteiger partial charge in [-0.3, -0.25) is 0 Å². The smallest absolute Gasteiger partial charge is 0.330 e. The molecule has 0 heterocycles. The molecule has 3 nitrogen and oxygen atoms in total. The summed E-state index contributed by atoms with van der Waals surface area (Å²) < 4.78 is 5.02. The SMILES string of the molecule is CCOC(=O)C=CC(CCC#N)(c1ccccc1)c1ccccc1. The molecule has 24 heavy (non-hydrogen) atoms. The van der Waals surface area contributed by atoms with Gasteiger partial charge >= 0.3 is 5.97 Å². The number of hydrogen-bond donors (Lipinski definition) is 0. The van der Waals surface area contributed by atoms with Crippen LogP contribution in [0.3, 0.4) is 0 Å². The number of rotatable bonds is 7. The first-order valence-electron chi connectivity index (χ1n) is 8.07. The summed E-state index contributed by atoms with van der Waals surface area (Å²) in [4.78, 5) is 11.9. The van der Waals surface area contributed by atoms with Gasteiger partial charge < -0.3 is 4.74 Å². The van der Waals surface area contributed by atoms with E-state index < -0.39 is 5.41 Å².